The topological polar surface area (TPSA) is 43.4 Å². The van der Waals surface area contributed by atoms with Gasteiger partial charge >= 0.3 is 0 Å². The molecule has 2 unspecified atom stereocenters. The molecule has 0 radical (unpaired) electrons. The van der Waals surface area contributed by atoms with Crippen molar-refractivity contribution in [2.45, 2.75) is 25.4 Å². The van der Waals surface area contributed by atoms with Gasteiger partial charge in [0.25, 0.3) is 10.1 Å². The fourth-order valence-electron chi connectivity index (χ4n) is 1.79. The van der Waals surface area contributed by atoms with Gasteiger partial charge in [-0.25, -0.2) is 0 Å². The number of hydrogen-bond donors (Lipinski definition) is 0. The molecule has 1 rings (SSSR count). The van der Waals surface area contributed by atoms with Gasteiger partial charge in [-0.2, -0.15) is 8.42 Å². The van der Waals surface area contributed by atoms with Crippen LogP contribution >= 0.6 is 0 Å². The van der Waals surface area contributed by atoms with Gasteiger partial charge in [0.05, 0.1) is 12.4 Å². The third-order valence-corrected chi connectivity index (χ3v) is 3.43. The molecule has 1 aromatic rings. The zero-order chi connectivity index (χ0) is 14.5. The zero-order valence-corrected chi connectivity index (χ0v) is 12.0. The summed E-state index contributed by atoms with van der Waals surface area (Å²) >= 11 is 0. The maximum atomic E-state index is 11.3. The van der Waals surface area contributed by atoms with Gasteiger partial charge in [0.2, 0.25) is 0 Å². The van der Waals surface area contributed by atoms with E-state index >= 15 is 0 Å². The lowest BCUT2D eigenvalue weighted by atomic mass is 9.92. The third-order valence-electron chi connectivity index (χ3n) is 2.83. The molecule has 0 aliphatic rings. The smallest absolute Gasteiger partial charge is 0.264 e. The van der Waals surface area contributed by atoms with Crippen LogP contribution in [0.4, 0.5) is 0 Å². The molecule has 3 nitrogen and oxygen atoms in total. The molecule has 0 spiro atoms. The molecule has 19 heavy (non-hydrogen) atoms. The van der Waals surface area contributed by atoms with E-state index in [9.17, 15) is 8.42 Å². The molecule has 0 fully saturated rings. The summed E-state index contributed by atoms with van der Waals surface area (Å²) in [6.07, 6.45) is 6.08. The van der Waals surface area contributed by atoms with E-state index in [2.05, 4.69) is 12.5 Å². The van der Waals surface area contributed by atoms with Gasteiger partial charge in [0.1, 0.15) is 0 Å². The molecule has 2 atom stereocenters. The van der Waals surface area contributed by atoms with Crippen LogP contribution in [0.1, 0.15) is 24.8 Å². The normalized spacial score (nSPS) is 14.4. The van der Waals surface area contributed by atoms with Crippen LogP contribution in [0.15, 0.2) is 42.5 Å². The zero-order valence-electron chi connectivity index (χ0n) is 11.2. The van der Waals surface area contributed by atoms with Crippen molar-refractivity contribution in [1.29, 1.82) is 0 Å². The van der Waals surface area contributed by atoms with Gasteiger partial charge in [-0.05, 0) is 11.1 Å². The van der Waals surface area contributed by atoms with Gasteiger partial charge in [-0.3, -0.25) is 4.18 Å². The van der Waals surface area contributed by atoms with Gasteiger partial charge in [0, 0.05) is 12.3 Å². The second-order valence-electron chi connectivity index (χ2n) is 4.49. The van der Waals surface area contributed by atoms with Crippen LogP contribution in [0.3, 0.4) is 0 Å². The molecule has 0 saturated carbocycles. The number of rotatable bonds is 6. The van der Waals surface area contributed by atoms with Crippen LogP contribution in [0, 0.1) is 12.3 Å². The summed E-state index contributed by atoms with van der Waals surface area (Å²) in [6, 6.07) is 9.57. The Hall–Kier alpha value is -1.57. The summed E-state index contributed by atoms with van der Waals surface area (Å²) in [5.74, 6) is 2.32. The lowest BCUT2D eigenvalue weighted by Crippen LogP contribution is -2.24. The third kappa shape index (κ3) is 5.29. The molecule has 4 heteroatoms. The monoisotopic (exact) mass is 278 g/mol. The number of hydrogen-bond acceptors (Lipinski definition) is 3. The summed E-state index contributed by atoms with van der Waals surface area (Å²) in [6.45, 7) is 5.62. The molecule has 0 N–H and O–H groups in total. The van der Waals surface area contributed by atoms with Crippen molar-refractivity contribution in [3.8, 4) is 12.3 Å². The summed E-state index contributed by atoms with van der Waals surface area (Å²) < 4.78 is 27.8. The van der Waals surface area contributed by atoms with E-state index in [-0.39, 0.29) is 5.92 Å². The van der Waals surface area contributed by atoms with E-state index in [0.29, 0.717) is 12.0 Å². The molecule has 0 aromatic heterocycles. The van der Waals surface area contributed by atoms with Gasteiger partial charge < -0.3 is 0 Å². The van der Waals surface area contributed by atoms with E-state index in [4.69, 9.17) is 10.6 Å². The average molecular weight is 278 g/mol. The summed E-state index contributed by atoms with van der Waals surface area (Å²) in [7, 11) is -3.54. The Morgan fingerprint density at radius 2 is 2.00 bits per heavy atom. The predicted molar refractivity (Wildman–Crippen MR) is 77.2 cm³/mol. The molecular formula is C15H18O3S. The van der Waals surface area contributed by atoms with Crippen molar-refractivity contribution in [3.05, 3.63) is 48.0 Å². The van der Waals surface area contributed by atoms with Crippen molar-refractivity contribution < 1.29 is 12.6 Å². The molecule has 0 aliphatic carbocycles. The highest BCUT2D eigenvalue weighted by Gasteiger charge is 2.24. The first-order chi connectivity index (χ1) is 8.83. The Morgan fingerprint density at radius 3 is 2.47 bits per heavy atom. The lowest BCUT2D eigenvalue weighted by molar-refractivity contribution is 0.186. The van der Waals surface area contributed by atoms with Crippen LogP contribution < -0.4 is 0 Å². The van der Waals surface area contributed by atoms with Crippen molar-refractivity contribution >= 4 is 10.1 Å². The highest BCUT2D eigenvalue weighted by atomic mass is 32.2. The first-order valence-corrected chi connectivity index (χ1v) is 7.72. The largest absolute Gasteiger partial charge is 0.266 e. The molecule has 0 amide bonds. The molecule has 0 bridgehead atoms. The molecule has 102 valence electrons. The second-order valence-corrected chi connectivity index (χ2v) is 6.09. The fourth-order valence-corrected chi connectivity index (χ4v) is 2.48. The number of benzene rings is 1. The molecule has 1 aromatic carbocycles. The maximum Gasteiger partial charge on any atom is 0.264 e. The summed E-state index contributed by atoms with van der Waals surface area (Å²) in [5, 5.41) is 0. The van der Waals surface area contributed by atoms with Crippen LogP contribution in [0.2, 0.25) is 0 Å². The molecule has 0 heterocycles. The van der Waals surface area contributed by atoms with Crippen LogP contribution in [0.5, 0.6) is 0 Å². The molecule has 0 saturated heterocycles. The Labute approximate surface area is 115 Å². The highest BCUT2D eigenvalue weighted by Crippen LogP contribution is 2.26. The van der Waals surface area contributed by atoms with E-state index in [1.165, 1.54) is 0 Å². The quantitative estimate of drug-likeness (QED) is 0.593. The van der Waals surface area contributed by atoms with E-state index in [1.807, 2.05) is 37.3 Å². The van der Waals surface area contributed by atoms with E-state index < -0.39 is 16.2 Å². The standard InChI is InChI=1S/C15H18O3S/c1-5-12(2)11-15(18-19(4,16)17)13(3)14-9-7-6-8-10-14/h1,6-10,13,15H,2,11H2,3-4H3. The summed E-state index contributed by atoms with van der Waals surface area (Å²) in [5.41, 5.74) is 1.53. The minimum Gasteiger partial charge on any atom is -0.266 e. The van der Waals surface area contributed by atoms with Crippen molar-refractivity contribution in [2.24, 2.45) is 0 Å². The Kier molecular flexibility index (Phi) is 5.34. The first kappa shape index (κ1) is 15.5. The number of terminal acetylenes is 1. The minimum absolute atomic E-state index is 0.0963. The Balaban J connectivity index is 2.96. The molecular weight excluding hydrogens is 260 g/mol. The maximum absolute atomic E-state index is 11.3. The summed E-state index contributed by atoms with van der Waals surface area (Å²) in [4.78, 5) is 0. The van der Waals surface area contributed by atoms with Gasteiger partial charge in [-0.15, -0.1) is 6.42 Å². The first-order valence-electron chi connectivity index (χ1n) is 5.91. The van der Waals surface area contributed by atoms with Gasteiger partial charge in [0.15, 0.2) is 0 Å². The highest BCUT2D eigenvalue weighted by molar-refractivity contribution is 7.86. The van der Waals surface area contributed by atoms with E-state index in [0.717, 1.165) is 11.8 Å². The average Bonchev–Trinajstić information content (AvgIpc) is 2.36. The van der Waals surface area contributed by atoms with Crippen molar-refractivity contribution in [3.63, 3.8) is 0 Å². The van der Waals surface area contributed by atoms with Crippen molar-refractivity contribution in [2.75, 3.05) is 6.26 Å². The van der Waals surface area contributed by atoms with Gasteiger partial charge in [-0.1, -0.05) is 49.8 Å². The van der Waals surface area contributed by atoms with Crippen molar-refractivity contribution in [1.82, 2.24) is 0 Å². The van der Waals surface area contributed by atoms with Crippen LogP contribution in [0.25, 0.3) is 0 Å². The molecule has 0 aliphatic heterocycles. The lowest BCUT2D eigenvalue weighted by Gasteiger charge is -2.23. The van der Waals surface area contributed by atoms with Crippen LogP contribution in [-0.2, 0) is 14.3 Å². The predicted octanol–water partition coefficient (Wildman–Crippen LogP) is 2.71. The second kappa shape index (κ2) is 6.55. The van der Waals surface area contributed by atoms with E-state index in [1.54, 1.807) is 0 Å². The van der Waals surface area contributed by atoms with Crippen LogP contribution in [-0.4, -0.2) is 20.8 Å². The Morgan fingerprint density at radius 1 is 1.42 bits per heavy atom. The Bertz CT molecular complexity index is 567. The fraction of sp³-hybridized carbons (Fsp3) is 0.333. The SMILES string of the molecule is C#CC(=C)CC(OS(C)(=O)=O)C(C)c1ccccc1. The minimum atomic E-state index is -3.54.